The average Bonchev–Trinajstić information content (AvgIpc) is 2.88. The number of benzene rings is 3. The lowest BCUT2D eigenvalue weighted by molar-refractivity contribution is 0.0956. The fraction of sp³-hybridized carbons (Fsp3) is 0.179. The molecule has 0 unspecified atom stereocenters. The van der Waals surface area contributed by atoms with Gasteiger partial charge in [-0.05, 0) is 42.3 Å². The Morgan fingerprint density at radius 2 is 1.79 bits per heavy atom. The van der Waals surface area contributed by atoms with Gasteiger partial charge in [-0.25, -0.2) is 10.4 Å². The molecule has 3 aromatic carbocycles. The van der Waals surface area contributed by atoms with Gasteiger partial charge in [0.25, 0.3) is 5.91 Å². The van der Waals surface area contributed by atoms with Crippen molar-refractivity contribution in [2.75, 3.05) is 14.2 Å². The molecule has 0 aliphatic carbocycles. The van der Waals surface area contributed by atoms with Gasteiger partial charge in [0, 0.05) is 16.5 Å². The number of pyridine rings is 1. The summed E-state index contributed by atoms with van der Waals surface area (Å²) in [5, 5.41) is 4.93. The van der Waals surface area contributed by atoms with Gasteiger partial charge in [-0.2, -0.15) is 5.10 Å². The maximum atomic E-state index is 13.1. The molecule has 0 saturated carbocycles. The summed E-state index contributed by atoms with van der Waals surface area (Å²) in [5.74, 6) is 0.978. The van der Waals surface area contributed by atoms with Crippen molar-refractivity contribution >= 4 is 23.0 Å². The van der Waals surface area contributed by atoms with Gasteiger partial charge in [0.05, 0.1) is 37.2 Å². The van der Waals surface area contributed by atoms with Gasteiger partial charge in [0.1, 0.15) is 11.5 Å². The van der Waals surface area contributed by atoms with Gasteiger partial charge < -0.3 is 9.47 Å². The summed E-state index contributed by atoms with van der Waals surface area (Å²) < 4.78 is 10.6. The maximum Gasteiger partial charge on any atom is 0.272 e. The first-order valence-electron chi connectivity index (χ1n) is 11.2. The number of hydrogen-bond acceptors (Lipinski definition) is 5. The fourth-order valence-corrected chi connectivity index (χ4v) is 3.80. The van der Waals surface area contributed by atoms with E-state index in [9.17, 15) is 4.79 Å². The van der Waals surface area contributed by atoms with Crippen molar-refractivity contribution in [3.63, 3.8) is 0 Å². The first-order chi connectivity index (χ1) is 16.6. The van der Waals surface area contributed by atoms with E-state index in [4.69, 9.17) is 14.5 Å². The zero-order valence-electron chi connectivity index (χ0n) is 19.5. The Bertz CT molecular complexity index is 1330. The van der Waals surface area contributed by atoms with E-state index in [1.165, 1.54) is 11.8 Å². The lowest BCUT2D eigenvalue weighted by atomic mass is 10.0. The minimum atomic E-state index is -0.319. The molecule has 1 heterocycles. The Labute approximate surface area is 199 Å². The molecule has 172 valence electrons. The number of rotatable bonds is 8. The molecule has 6 nitrogen and oxygen atoms in total. The standard InChI is InChI=1S/C28H27N3O3/c1-4-7-19-10-12-20(13-11-19)26-17-24(23-8-5-6-9-25(23)30-26)28(32)31-29-18-21-16-22(33-2)14-15-27(21)34-3/h5-6,8-18H,4,7H2,1-3H3,(H,31,32). The van der Waals surface area contributed by atoms with E-state index in [0.29, 0.717) is 22.6 Å². The molecule has 0 fully saturated rings. The zero-order chi connectivity index (χ0) is 23.9. The molecule has 1 aromatic heterocycles. The van der Waals surface area contributed by atoms with Crippen LogP contribution in [0.5, 0.6) is 11.5 Å². The first-order valence-corrected chi connectivity index (χ1v) is 11.2. The molecule has 0 aliphatic heterocycles. The zero-order valence-corrected chi connectivity index (χ0v) is 19.5. The molecule has 4 rings (SSSR count). The second kappa shape index (κ2) is 10.6. The predicted octanol–water partition coefficient (Wildman–Crippen LogP) is 5.64. The molecule has 6 heteroatoms. The van der Waals surface area contributed by atoms with Crippen molar-refractivity contribution < 1.29 is 14.3 Å². The third-order valence-corrected chi connectivity index (χ3v) is 5.56. The number of carbonyl (C=O) groups is 1. The summed E-state index contributed by atoms with van der Waals surface area (Å²) in [6, 6.07) is 23.1. The lowest BCUT2D eigenvalue weighted by Gasteiger charge is -2.10. The van der Waals surface area contributed by atoms with Crippen LogP contribution in [-0.4, -0.2) is 31.3 Å². The van der Waals surface area contributed by atoms with E-state index in [-0.39, 0.29) is 5.91 Å². The van der Waals surface area contributed by atoms with Crippen LogP contribution >= 0.6 is 0 Å². The normalized spacial score (nSPS) is 11.0. The molecule has 1 N–H and O–H groups in total. The maximum absolute atomic E-state index is 13.1. The van der Waals surface area contributed by atoms with Gasteiger partial charge >= 0.3 is 0 Å². The van der Waals surface area contributed by atoms with E-state index >= 15 is 0 Å². The van der Waals surface area contributed by atoms with Gasteiger partial charge in [-0.15, -0.1) is 0 Å². The minimum Gasteiger partial charge on any atom is -0.497 e. The highest BCUT2D eigenvalue weighted by Gasteiger charge is 2.14. The second-order valence-electron chi connectivity index (χ2n) is 7.83. The molecule has 0 saturated heterocycles. The van der Waals surface area contributed by atoms with Crippen molar-refractivity contribution in [2.24, 2.45) is 5.10 Å². The molecule has 34 heavy (non-hydrogen) atoms. The summed E-state index contributed by atoms with van der Waals surface area (Å²) in [7, 11) is 3.17. The summed E-state index contributed by atoms with van der Waals surface area (Å²) in [4.78, 5) is 17.9. The summed E-state index contributed by atoms with van der Waals surface area (Å²) in [6.07, 6.45) is 3.67. The van der Waals surface area contributed by atoms with Crippen LogP contribution in [0.1, 0.15) is 34.8 Å². The van der Waals surface area contributed by atoms with Crippen molar-refractivity contribution in [3.05, 3.63) is 89.5 Å². The number of ether oxygens (including phenoxy) is 2. The predicted molar refractivity (Wildman–Crippen MR) is 136 cm³/mol. The lowest BCUT2D eigenvalue weighted by Crippen LogP contribution is -2.18. The van der Waals surface area contributed by atoms with Gasteiger partial charge in [-0.1, -0.05) is 55.8 Å². The van der Waals surface area contributed by atoms with E-state index in [1.807, 2.05) is 30.3 Å². The molecule has 0 spiro atoms. The van der Waals surface area contributed by atoms with Crippen LogP contribution in [0.15, 0.2) is 77.9 Å². The third-order valence-electron chi connectivity index (χ3n) is 5.56. The van der Waals surface area contributed by atoms with Crippen molar-refractivity contribution in [1.82, 2.24) is 10.4 Å². The van der Waals surface area contributed by atoms with E-state index in [0.717, 1.165) is 35.0 Å². The molecular weight excluding hydrogens is 426 g/mol. The van der Waals surface area contributed by atoms with E-state index in [1.54, 1.807) is 32.4 Å². The Morgan fingerprint density at radius 1 is 1.00 bits per heavy atom. The monoisotopic (exact) mass is 453 g/mol. The van der Waals surface area contributed by atoms with Crippen molar-refractivity contribution in [3.8, 4) is 22.8 Å². The smallest absolute Gasteiger partial charge is 0.272 e. The number of methoxy groups -OCH3 is 2. The number of nitrogens with one attached hydrogen (secondary N) is 1. The van der Waals surface area contributed by atoms with Crippen LogP contribution in [0.3, 0.4) is 0 Å². The Kier molecular flexibility index (Phi) is 7.18. The number of hydrazone groups is 1. The van der Waals surface area contributed by atoms with E-state index < -0.39 is 0 Å². The van der Waals surface area contributed by atoms with Crippen LogP contribution in [0.4, 0.5) is 0 Å². The molecule has 0 radical (unpaired) electrons. The number of amides is 1. The van der Waals surface area contributed by atoms with Crippen LogP contribution in [0.2, 0.25) is 0 Å². The van der Waals surface area contributed by atoms with Crippen LogP contribution in [0.25, 0.3) is 22.2 Å². The number of aromatic nitrogens is 1. The molecule has 0 atom stereocenters. The minimum absolute atomic E-state index is 0.319. The molecule has 0 bridgehead atoms. The number of carbonyl (C=O) groups excluding carboxylic acids is 1. The highest BCUT2D eigenvalue weighted by Crippen LogP contribution is 2.26. The second-order valence-corrected chi connectivity index (χ2v) is 7.83. The number of nitrogens with zero attached hydrogens (tertiary/aromatic N) is 2. The molecule has 0 aliphatic rings. The Morgan fingerprint density at radius 3 is 2.53 bits per heavy atom. The average molecular weight is 454 g/mol. The van der Waals surface area contributed by atoms with Crippen molar-refractivity contribution in [2.45, 2.75) is 19.8 Å². The fourth-order valence-electron chi connectivity index (χ4n) is 3.80. The van der Waals surface area contributed by atoms with Crippen molar-refractivity contribution in [1.29, 1.82) is 0 Å². The molecule has 1 amide bonds. The first kappa shape index (κ1) is 23.0. The Hall–Kier alpha value is -4.19. The number of fused-ring (bicyclic) bond motifs is 1. The van der Waals surface area contributed by atoms with Crippen LogP contribution < -0.4 is 14.9 Å². The van der Waals surface area contributed by atoms with Gasteiger partial charge in [0.15, 0.2) is 0 Å². The van der Waals surface area contributed by atoms with Gasteiger partial charge in [0.2, 0.25) is 0 Å². The number of aryl methyl sites for hydroxylation is 1. The largest absolute Gasteiger partial charge is 0.497 e. The quantitative estimate of drug-likeness (QED) is 0.277. The highest BCUT2D eigenvalue weighted by molar-refractivity contribution is 6.07. The number of para-hydroxylation sites is 1. The SMILES string of the molecule is CCCc1ccc(-c2cc(C(=O)NN=Cc3cc(OC)ccc3OC)c3ccccc3n2)cc1. The van der Waals surface area contributed by atoms with Gasteiger partial charge in [-0.3, -0.25) is 4.79 Å². The summed E-state index contributed by atoms with van der Waals surface area (Å²) in [5.41, 5.74) is 7.58. The Balaban J connectivity index is 1.64. The van der Waals surface area contributed by atoms with Crippen LogP contribution in [0, 0.1) is 0 Å². The van der Waals surface area contributed by atoms with Crippen LogP contribution in [-0.2, 0) is 6.42 Å². The third kappa shape index (κ3) is 5.07. The highest BCUT2D eigenvalue weighted by atomic mass is 16.5. The van der Waals surface area contributed by atoms with E-state index in [2.05, 4.69) is 41.7 Å². The summed E-state index contributed by atoms with van der Waals surface area (Å²) in [6.45, 7) is 2.16. The summed E-state index contributed by atoms with van der Waals surface area (Å²) >= 11 is 0. The molecule has 4 aromatic rings. The number of hydrogen-bond donors (Lipinski definition) is 1. The topological polar surface area (TPSA) is 72.8 Å². The molecular formula is C28H27N3O3.